The standard InChI is InChI=1S/C23H21F6NO3S/c1-33-18-6-4-16(5-7-18)20(31)9-11-34-14-21(32,23(27,28)29)10-8-15-2-3-17(13-30)19(12-15)22(24,25)26/h2-8,10,12,20,31-32H,9,11,14H2,1H3. The molecule has 0 saturated heterocycles. The van der Waals surface area contributed by atoms with Crippen LogP contribution in [0.2, 0.25) is 0 Å². The quantitative estimate of drug-likeness (QED) is 0.336. The van der Waals surface area contributed by atoms with E-state index in [9.17, 15) is 36.6 Å². The number of aliphatic hydroxyl groups excluding tert-OH is 1. The van der Waals surface area contributed by atoms with Crippen LogP contribution in [-0.4, -0.2) is 40.6 Å². The summed E-state index contributed by atoms with van der Waals surface area (Å²) in [6.07, 6.45) is -9.66. The molecule has 2 aromatic carbocycles. The van der Waals surface area contributed by atoms with E-state index in [0.717, 1.165) is 30.0 Å². The molecule has 0 fully saturated rings. The van der Waals surface area contributed by atoms with Crippen molar-refractivity contribution >= 4 is 17.8 Å². The van der Waals surface area contributed by atoms with Gasteiger partial charge in [0.05, 0.1) is 30.4 Å². The molecule has 4 nitrogen and oxygen atoms in total. The summed E-state index contributed by atoms with van der Waals surface area (Å²) in [5.41, 5.74) is -4.96. The van der Waals surface area contributed by atoms with E-state index in [-0.39, 0.29) is 17.7 Å². The molecule has 0 bridgehead atoms. The summed E-state index contributed by atoms with van der Waals surface area (Å²) in [6.45, 7) is 0. The summed E-state index contributed by atoms with van der Waals surface area (Å²) in [7, 11) is 1.48. The molecule has 0 aliphatic rings. The number of hydrogen-bond acceptors (Lipinski definition) is 5. The monoisotopic (exact) mass is 505 g/mol. The van der Waals surface area contributed by atoms with Crippen molar-refractivity contribution in [2.45, 2.75) is 30.5 Å². The van der Waals surface area contributed by atoms with Crippen molar-refractivity contribution in [3.05, 3.63) is 70.8 Å². The van der Waals surface area contributed by atoms with E-state index in [1.54, 1.807) is 24.3 Å². The van der Waals surface area contributed by atoms with Crippen molar-refractivity contribution in [3.63, 3.8) is 0 Å². The molecule has 2 rings (SSSR count). The van der Waals surface area contributed by atoms with E-state index in [0.29, 0.717) is 23.5 Å². The molecule has 0 aliphatic heterocycles. The van der Waals surface area contributed by atoms with E-state index in [1.807, 2.05) is 0 Å². The summed E-state index contributed by atoms with van der Waals surface area (Å²) < 4.78 is 84.8. The predicted molar refractivity (Wildman–Crippen MR) is 116 cm³/mol. The van der Waals surface area contributed by atoms with E-state index in [4.69, 9.17) is 10.00 Å². The van der Waals surface area contributed by atoms with Crippen LogP contribution in [0.15, 0.2) is 48.5 Å². The van der Waals surface area contributed by atoms with E-state index < -0.39 is 40.9 Å². The minimum absolute atomic E-state index is 0.0779. The van der Waals surface area contributed by atoms with Gasteiger partial charge in [-0.3, -0.25) is 0 Å². The van der Waals surface area contributed by atoms with Gasteiger partial charge in [-0.25, -0.2) is 0 Å². The van der Waals surface area contributed by atoms with Gasteiger partial charge in [-0.1, -0.05) is 24.3 Å². The van der Waals surface area contributed by atoms with Crippen molar-refractivity contribution in [1.82, 2.24) is 0 Å². The van der Waals surface area contributed by atoms with Crippen LogP contribution in [0.25, 0.3) is 6.08 Å². The normalized spacial score (nSPS) is 15.1. The molecule has 0 spiro atoms. The van der Waals surface area contributed by atoms with Gasteiger partial charge in [0.25, 0.3) is 0 Å². The molecular formula is C23H21F6NO3S. The highest BCUT2D eigenvalue weighted by atomic mass is 32.2. The van der Waals surface area contributed by atoms with Gasteiger partial charge in [0, 0.05) is 5.75 Å². The van der Waals surface area contributed by atoms with Gasteiger partial charge in [-0.2, -0.15) is 43.4 Å². The van der Waals surface area contributed by atoms with Crippen molar-refractivity contribution in [2.24, 2.45) is 0 Å². The Balaban J connectivity index is 2.08. The number of ether oxygens (including phenoxy) is 1. The number of thioether (sulfide) groups is 1. The molecule has 2 N–H and O–H groups in total. The van der Waals surface area contributed by atoms with Crippen LogP contribution in [0.1, 0.15) is 34.8 Å². The molecule has 0 aliphatic carbocycles. The first-order chi connectivity index (χ1) is 15.8. The van der Waals surface area contributed by atoms with Crippen molar-refractivity contribution in [2.75, 3.05) is 18.6 Å². The fraction of sp³-hybridized carbons (Fsp3) is 0.348. The maximum Gasteiger partial charge on any atom is 0.421 e. The number of aliphatic hydroxyl groups is 2. The average Bonchev–Trinajstić information content (AvgIpc) is 2.79. The van der Waals surface area contributed by atoms with E-state index in [2.05, 4.69) is 0 Å². The van der Waals surface area contributed by atoms with Crippen LogP contribution in [0.5, 0.6) is 5.75 Å². The van der Waals surface area contributed by atoms with Gasteiger partial charge in [0.15, 0.2) is 5.60 Å². The average molecular weight is 505 g/mol. The number of rotatable bonds is 9. The van der Waals surface area contributed by atoms with E-state index >= 15 is 0 Å². The zero-order chi connectivity index (χ0) is 25.6. The molecule has 0 aromatic heterocycles. The van der Waals surface area contributed by atoms with Crippen molar-refractivity contribution < 1.29 is 41.3 Å². The highest BCUT2D eigenvalue weighted by Crippen LogP contribution is 2.37. The van der Waals surface area contributed by atoms with Gasteiger partial charge in [0.1, 0.15) is 5.75 Å². The fourth-order valence-electron chi connectivity index (χ4n) is 2.87. The topological polar surface area (TPSA) is 73.5 Å². The van der Waals surface area contributed by atoms with Gasteiger partial charge < -0.3 is 14.9 Å². The second-order valence-electron chi connectivity index (χ2n) is 7.30. The smallest absolute Gasteiger partial charge is 0.421 e. The first-order valence-electron chi connectivity index (χ1n) is 9.80. The Labute approximate surface area is 196 Å². The van der Waals surface area contributed by atoms with Gasteiger partial charge in [0.2, 0.25) is 0 Å². The second kappa shape index (κ2) is 11.2. The maximum atomic E-state index is 13.5. The summed E-state index contributed by atoms with van der Waals surface area (Å²) in [5, 5.41) is 29.2. The largest absolute Gasteiger partial charge is 0.497 e. The third-order valence-corrected chi connectivity index (χ3v) is 6.04. The fourth-order valence-corrected chi connectivity index (χ4v) is 3.98. The number of halogens is 6. The third-order valence-electron chi connectivity index (χ3n) is 4.87. The molecule has 184 valence electrons. The van der Waals surface area contributed by atoms with Crippen LogP contribution in [0.3, 0.4) is 0 Å². The molecular weight excluding hydrogens is 484 g/mol. The number of hydrogen-bond donors (Lipinski definition) is 2. The van der Waals surface area contributed by atoms with Gasteiger partial charge >= 0.3 is 12.4 Å². The molecule has 0 amide bonds. The lowest BCUT2D eigenvalue weighted by Gasteiger charge is -2.27. The summed E-state index contributed by atoms with van der Waals surface area (Å²) >= 11 is 0.737. The van der Waals surface area contributed by atoms with Crippen molar-refractivity contribution in [1.29, 1.82) is 5.26 Å². The maximum absolute atomic E-state index is 13.5. The zero-order valence-electron chi connectivity index (χ0n) is 17.8. The Morgan fingerprint density at radius 3 is 2.26 bits per heavy atom. The van der Waals surface area contributed by atoms with Gasteiger partial charge in [-0.15, -0.1) is 0 Å². The number of benzene rings is 2. The second-order valence-corrected chi connectivity index (χ2v) is 8.41. The minimum atomic E-state index is -5.09. The van der Waals surface area contributed by atoms with Crippen LogP contribution in [-0.2, 0) is 6.18 Å². The van der Waals surface area contributed by atoms with Crippen LogP contribution in [0.4, 0.5) is 26.3 Å². The first kappa shape index (κ1) is 27.6. The lowest BCUT2D eigenvalue weighted by molar-refractivity contribution is -0.230. The Morgan fingerprint density at radius 1 is 1.09 bits per heavy atom. The Morgan fingerprint density at radius 2 is 1.74 bits per heavy atom. The van der Waals surface area contributed by atoms with Crippen LogP contribution < -0.4 is 4.74 Å². The number of methoxy groups -OCH3 is 1. The summed E-state index contributed by atoms with van der Waals surface area (Å²) in [6, 6.07) is 10.3. The number of alkyl halides is 6. The molecule has 2 aromatic rings. The van der Waals surface area contributed by atoms with Crippen LogP contribution in [0, 0.1) is 11.3 Å². The van der Waals surface area contributed by atoms with Gasteiger partial charge in [-0.05, 0) is 53.6 Å². The number of nitriles is 1. The Kier molecular flexibility index (Phi) is 9.05. The summed E-state index contributed by atoms with van der Waals surface area (Å²) in [5.74, 6) is -0.170. The molecule has 0 heterocycles. The lowest BCUT2D eigenvalue weighted by Crippen LogP contribution is -2.45. The molecule has 0 saturated carbocycles. The lowest BCUT2D eigenvalue weighted by atomic mass is 10.0. The minimum Gasteiger partial charge on any atom is -0.497 e. The molecule has 2 unspecified atom stereocenters. The van der Waals surface area contributed by atoms with E-state index in [1.165, 1.54) is 13.2 Å². The molecule has 0 radical (unpaired) electrons. The van der Waals surface area contributed by atoms with Crippen LogP contribution >= 0.6 is 11.8 Å². The Hall–Kier alpha value is -2.68. The first-order valence-corrected chi connectivity index (χ1v) is 11.0. The Bertz CT molecular complexity index is 1030. The zero-order valence-corrected chi connectivity index (χ0v) is 18.6. The molecule has 34 heavy (non-hydrogen) atoms. The SMILES string of the molecule is COc1ccc(C(O)CCSCC(O)(C=Cc2ccc(C#N)c(C(F)(F)F)c2)C(F)(F)F)cc1. The highest BCUT2D eigenvalue weighted by Gasteiger charge is 2.51. The third kappa shape index (κ3) is 7.16. The molecule has 2 atom stereocenters. The summed E-state index contributed by atoms with van der Waals surface area (Å²) in [4.78, 5) is 0. The highest BCUT2D eigenvalue weighted by molar-refractivity contribution is 7.99. The van der Waals surface area contributed by atoms with Crippen molar-refractivity contribution in [3.8, 4) is 11.8 Å². The molecule has 11 heteroatoms. The predicted octanol–water partition coefficient (Wildman–Crippen LogP) is 5.75. The number of nitrogens with zero attached hydrogens (tertiary/aromatic N) is 1.